The second-order valence-corrected chi connectivity index (χ2v) is 6.04. The van der Waals surface area contributed by atoms with Gasteiger partial charge in [0.05, 0.1) is 16.9 Å². The maximum Gasteiger partial charge on any atom is 0.263 e. The number of fused-ring (bicyclic) bond motifs is 1. The molecule has 110 valence electrons. The van der Waals surface area contributed by atoms with Crippen molar-refractivity contribution in [2.45, 2.75) is 12.8 Å². The SMILES string of the molecule is Nc1c(C(=O)NCC(=O)N2CCCC2)sc2cnccc12. The van der Waals surface area contributed by atoms with Crippen LogP contribution in [0.2, 0.25) is 0 Å². The number of nitrogens with two attached hydrogens (primary N) is 1. The molecule has 3 heterocycles. The van der Waals surface area contributed by atoms with Crippen molar-refractivity contribution < 1.29 is 9.59 Å². The number of nitrogens with one attached hydrogen (secondary N) is 1. The maximum atomic E-state index is 12.2. The van der Waals surface area contributed by atoms with E-state index < -0.39 is 0 Å². The number of aromatic nitrogens is 1. The zero-order chi connectivity index (χ0) is 14.8. The molecule has 0 bridgehead atoms. The van der Waals surface area contributed by atoms with Crippen LogP contribution in [0.25, 0.3) is 10.1 Å². The van der Waals surface area contributed by atoms with Gasteiger partial charge in [-0.25, -0.2) is 0 Å². The Bertz CT molecular complexity index is 691. The number of hydrogen-bond donors (Lipinski definition) is 2. The summed E-state index contributed by atoms with van der Waals surface area (Å²) in [6.07, 6.45) is 5.40. The minimum Gasteiger partial charge on any atom is -0.397 e. The van der Waals surface area contributed by atoms with E-state index in [2.05, 4.69) is 10.3 Å². The van der Waals surface area contributed by atoms with E-state index in [1.165, 1.54) is 11.3 Å². The van der Waals surface area contributed by atoms with E-state index in [1.54, 1.807) is 23.4 Å². The first kappa shape index (κ1) is 13.8. The van der Waals surface area contributed by atoms with Gasteiger partial charge in [0.25, 0.3) is 5.91 Å². The highest BCUT2D eigenvalue weighted by atomic mass is 32.1. The third kappa shape index (κ3) is 2.69. The summed E-state index contributed by atoms with van der Waals surface area (Å²) in [4.78, 5) is 30.3. The molecule has 0 aliphatic carbocycles. The zero-order valence-electron chi connectivity index (χ0n) is 11.5. The van der Waals surface area contributed by atoms with Gasteiger partial charge in [-0.2, -0.15) is 0 Å². The Morgan fingerprint density at radius 2 is 2.14 bits per heavy atom. The first-order valence-corrected chi connectivity index (χ1v) is 7.66. The summed E-state index contributed by atoms with van der Waals surface area (Å²) >= 11 is 1.29. The highest BCUT2D eigenvalue weighted by Gasteiger charge is 2.20. The number of carbonyl (C=O) groups is 2. The van der Waals surface area contributed by atoms with Crippen LogP contribution in [0.4, 0.5) is 5.69 Å². The third-order valence-electron chi connectivity index (χ3n) is 3.60. The van der Waals surface area contributed by atoms with Crippen LogP contribution >= 0.6 is 11.3 Å². The summed E-state index contributed by atoms with van der Waals surface area (Å²) < 4.78 is 0.867. The van der Waals surface area contributed by atoms with E-state index >= 15 is 0 Å². The second-order valence-electron chi connectivity index (χ2n) is 4.99. The highest BCUT2D eigenvalue weighted by molar-refractivity contribution is 7.21. The summed E-state index contributed by atoms with van der Waals surface area (Å²) in [5.74, 6) is -0.344. The summed E-state index contributed by atoms with van der Waals surface area (Å²) in [5.41, 5.74) is 6.44. The van der Waals surface area contributed by atoms with Gasteiger partial charge in [-0.3, -0.25) is 14.6 Å². The van der Waals surface area contributed by atoms with Crippen molar-refractivity contribution in [2.75, 3.05) is 25.4 Å². The molecule has 7 heteroatoms. The van der Waals surface area contributed by atoms with E-state index in [0.29, 0.717) is 10.6 Å². The first-order valence-electron chi connectivity index (χ1n) is 6.85. The van der Waals surface area contributed by atoms with Crippen molar-refractivity contribution in [3.63, 3.8) is 0 Å². The van der Waals surface area contributed by atoms with Crippen LogP contribution in [0.3, 0.4) is 0 Å². The molecule has 0 spiro atoms. The maximum absolute atomic E-state index is 12.2. The molecule has 1 saturated heterocycles. The predicted molar refractivity (Wildman–Crippen MR) is 82.2 cm³/mol. The van der Waals surface area contributed by atoms with Gasteiger partial charge in [0.15, 0.2) is 0 Å². The molecule has 21 heavy (non-hydrogen) atoms. The Balaban J connectivity index is 1.69. The predicted octanol–water partition coefficient (Wildman–Crippen LogP) is 1.23. The fraction of sp³-hybridized carbons (Fsp3) is 0.357. The van der Waals surface area contributed by atoms with Crippen LogP contribution in [0.15, 0.2) is 18.5 Å². The van der Waals surface area contributed by atoms with Gasteiger partial charge in [-0.15, -0.1) is 11.3 Å². The number of nitrogens with zero attached hydrogens (tertiary/aromatic N) is 2. The molecule has 0 saturated carbocycles. The highest BCUT2D eigenvalue weighted by Crippen LogP contribution is 2.32. The minimum atomic E-state index is -0.304. The van der Waals surface area contributed by atoms with Crippen molar-refractivity contribution >= 4 is 38.9 Å². The number of amides is 2. The van der Waals surface area contributed by atoms with Gasteiger partial charge in [0.1, 0.15) is 4.88 Å². The van der Waals surface area contributed by atoms with Crippen molar-refractivity contribution in [2.24, 2.45) is 0 Å². The molecule has 1 aliphatic heterocycles. The number of likely N-dealkylation sites (tertiary alicyclic amines) is 1. The van der Waals surface area contributed by atoms with Gasteiger partial charge in [0.2, 0.25) is 5.91 Å². The summed E-state index contributed by atoms with van der Waals surface area (Å²) in [6.45, 7) is 1.58. The van der Waals surface area contributed by atoms with Crippen LogP contribution in [0, 0.1) is 0 Å². The van der Waals surface area contributed by atoms with Gasteiger partial charge in [-0.05, 0) is 18.9 Å². The van der Waals surface area contributed by atoms with E-state index in [9.17, 15) is 9.59 Å². The lowest BCUT2D eigenvalue weighted by Crippen LogP contribution is -2.38. The smallest absolute Gasteiger partial charge is 0.263 e. The number of hydrogen-bond acceptors (Lipinski definition) is 5. The molecular weight excluding hydrogens is 288 g/mol. The molecule has 3 rings (SSSR count). The van der Waals surface area contributed by atoms with Crippen LogP contribution in [-0.2, 0) is 4.79 Å². The van der Waals surface area contributed by atoms with Crippen molar-refractivity contribution in [3.8, 4) is 0 Å². The van der Waals surface area contributed by atoms with E-state index in [4.69, 9.17) is 5.73 Å². The Hall–Kier alpha value is -2.15. The zero-order valence-corrected chi connectivity index (χ0v) is 12.3. The number of nitrogen functional groups attached to an aromatic ring is 1. The normalized spacial score (nSPS) is 14.6. The third-order valence-corrected chi connectivity index (χ3v) is 4.75. The average Bonchev–Trinajstić information content (AvgIpc) is 3.13. The lowest BCUT2D eigenvalue weighted by Gasteiger charge is -2.15. The number of rotatable bonds is 3. The Kier molecular flexibility index (Phi) is 3.74. The van der Waals surface area contributed by atoms with Crippen LogP contribution < -0.4 is 11.1 Å². The van der Waals surface area contributed by atoms with Gasteiger partial charge in [0, 0.05) is 30.9 Å². The van der Waals surface area contributed by atoms with Crippen molar-refractivity contribution in [3.05, 3.63) is 23.3 Å². The van der Waals surface area contributed by atoms with Crippen LogP contribution in [0.5, 0.6) is 0 Å². The minimum absolute atomic E-state index is 0.0186. The molecule has 6 nitrogen and oxygen atoms in total. The summed E-state index contributed by atoms with van der Waals surface area (Å²) in [6, 6.07) is 1.79. The van der Waals surface area contributed by atoms with E-state index in [-0.39, 0.29) is 18.4 Å². The Labute approximate surface area is 125 Å². The molecule has 0 atom stereocenters. The molecule has 3 N–H and O–H groups in total. The number of carbonyl (C=O) groups excluding carboxylic acids is 2. The molecule has 2 amide bonds. The number of pyridine rings is 1. The summed E-state index contributed by atoms with van der Waals surface area (Å²) in [5, 5.41) is 3.48. The fourth-order valence-corrected chi connectivity index (χ4v) is 3.46. The van der Waals surface area contributed by atoms with Crippen LogP contribution in [-0.4, -0.2) is 41.3 Å². The lowest BCUT2D eigenvalue weighted by molar-refractivity contribution is -0.129. The molecule has 0 radical (unpaired) electrons. The molecule has 1 aliphatic rings. The monoisotopic (exact) mass is 304 g/mol. The van der Waals surface area contributed by atoms with Crippen molar-refractivity contribution in [1.82, 2.24) is 15.2 Å². The lowest BCUT2D eigenvalue weighted by atomic mass is 10.2. The topological polar surface area (TPSA) is 88.3 Å². The molecule has 2 aromatic heterocycles. The molecular formula is C14H16N4O2S. The Morgan fingerprint density at radius 3 is 2.86 bits per heavy atom. The molecule has 0 aromatic carbocycles. The first-order chi connectivity index (χ1) is 10.2. The van der Waals surface area contributed by atoms with Gasteiger partial charge < -0.3 is 16.0 Å². The van der Waals surface area contributed by atoms with Crippen LogP contribution in [0.1, 0.15) is 22.5 Å². The fourth-order valence-electron chi connectivity index (χ4n) is 2.45. The van der Waals surface area contributed by atoms with E-state index in [1.807, 2.05) is 0 Å². The Morgan fingerprint density at radius 1 is 1.38 bits per heavy atom. The van der Waals surface area contributed by atoms with E-state index in [0.717, 1.165) is 36.0 Å². The summed E-state index contributed by atoms with van der Waals surface area (Å²) in [7, 11) is 0. The molecule has 0 unspecified atom stereocenters. The number of thiophene rings is 1. The van der Waals surface area contributed by atoms with Gasteiger partial charge in [-0.1, -0.05) is 0 Å². The standard InChI is InChI=1S/C14H16N4O2S/c15-12-9-3-4-16-7-10(9)21-13(12)14(20)17-8-11(19)18-5-1-2-6-18/h3-4,7H,1-2,5-6,8,15H2,(H,17,20). The van der Waals surface area contributed by atoms with Gasteiger partial charge >= 0.3 is 0 Å². The van der Waals surface area contributed by atoms with Crippen molar-refractivity contribution in [1.29, 1.82) is 0 Å². The largest absolute Gasteiger partial charge is 0.397 e. The quantitative estimate of drug-likeness (QED) is 0.892. The molecule has 2 aromatic rings. The molecule has 1 fully saturated rings. The second kappa shape index (κ2) is 5.69. The average molecular weight is 304 g/mol. The number of anilines is 1.